The first kappa shape index (κ1) is 14.2. The molecule has 0 aliphatic rings. The molecule has 100 valence electrons. The summed E-state index contributed by atoms with van der Waals surface area (Å²) in [6.45, 7) is 4.74. The van der Waals surface area contributed by atoms with Gasteiger partial charge >= 0.3 is 0 Å². The van der Waals surface area contributed by atoms with Crippen LogP contribution in [0.15, 0.2) is 18.2 Å². The zero-order valence-electron chi connectivity index (χ0n) is 10.7. The van der Waals surface area contributed by atoms with Crippen LogP contribution in [0.3, 0.4) is 0 Å². The molecule has 0 bridgehead atoms. The van der Waals surface area contributed by atoms with E-state index in [1.165, 1.54) is 12.1 Å². The van der Waals surface area contributed by atoms with Gasteiger partial charge < -0.3 is 10.2 Å². The minimum atomic E-state index is -0.469. The van der Waals surface area contributed by atoms with Crippen LogP contribution in [0.4, 0.5) is 11.4 Å². The summed E-state index contributed by atoms with van der Waals surface area (Å²) in [6, 6.07) is 4.41. The normalized spacial score (nSPS) is 11.9. The van der Waals surface area contributed by atoms with Crippen LogP contribution < -0.4 is 16.0 Å². The second kappa shape index (κ2) is 6.80. The van der Waals surface area contributed by atoms with Crippen LogP contribution in [0.5, 0.6) is 5.75 Å². The van der Waals surface area contributed by atoms with Crippen molar-refractivity contribution in [2.45, 2.75) is 26.7 Å². The lowest BCUT2D eigenvalue weighted by Crippen LogP contribution is -2.10. The lowest BCUT2D eigenvalue weighted by Gasteiger charge is -2.12. The maximum atomic E-state index is 10.7. The van der Waals surface area contributed by atoms with E-state index in [4.69, 9.17) is 10.6 Å². The van der Waals surface area contributed by atoms with Gasteiger partial charge in [-0.1, -0.05) is 20.3 Å². The van der Waals surface area contributed by atoms with E-state index in [0.717, 1.165) is 12.8 Å². The highest BCUT2D eigenvalue weighted by Gasteiger charge is 2.11. The summed E-state index contributed by atoms with van der Waals surface area (Å²) >= 11 is 0. The number of non-ortho nitro benzene ring substituents is 1. The Labute approximate surface area is 106 Å². The molecule has 3 N–H and O–H groups in total. The van der Waals surface area contributed by atoms with Crippen molar-refractivity contribution >= 4 is 11.4 Å². The SMILES string of the molecule is CCCC(C)COc1cc(NN)cc([N+](=O)[O-])c1. The lowest BCUT2D eigenvalue weighted by molar-refractivity contribution is -0.384. The van der Waals surface area contributed by atoms with E-state index >= 15 is 0 Å². The molecule has 6 nitrogen and oxygen atoms in total. The molecule has 1 rings (SSSR count). The number of hydrazine groups is 1. The molecule has 6 heteroatoms. The Bertz CT molecular complexity index is 410. The van der Waals surface area contributed by atoms with Gasteiger partial charge in [-0.05, 0) is 12.3 Å². The molecule has 0 saturated carbocycles. The van der Waals surface area contributed by atoms with Crippen molar-refractivity contribution in [3.8, 4) is 5.75 Å². The number of nitro groups is 1. The van der Waals surface area contributed by atoms with Crippen LogP contribution in [0, 0.1) is 16.0 Å². The third kappa shape index (κ3) is 4.21. The van der Waals surface area contributed by atoms with Crippen LogP contribution in [0.2, 0.25) is 0 Å². The highest BCUT2D eigenvalue weighted by molar-refractivity contribution is 5.55. The fraction of sp³-hybridized carbons (Fsp3) is 0.500. The average Bonchev–Trinajstić information content (AvgIpc) is 2.36. The Hall–Kier alpha value is -1.82. The zero-order chi connectivity index (χ0) is 13.5. The molecule has 1 aromatic rings. The Morgan fingerprint density at radius 2 is 2.22 bits per heavy atom. The monoisotopic (exact) mass is 253 g/mol. The van der Waals surface area contributed by atoms with Crippen LogP contribution in [0.25, 0.3) is 0 Å². The van der Waals surface area contributed by atoms with Crippen molar-refractivity contribution in [2.75, 3.05) is 12.0 Å². The molecule has 1 atom stereocenters. The maximum Gasteiger partial charge on any atom is 0.275 e. The number of hydrogen-bond acceptors (Lipinski definition) is 5. The first-order chi connectivity index (χ1) is 8.56. The number of ether oxygens (including phenoxy) is 1. The summed E-state index contributed by atoms with van der Waals surface area (Å²) in [6.07, 6.45) is 2.16. The molecular formula is C12H19N3O3. The van der Waals surface area contributed by atoms with Gasteiger partial charge in [0.2, 0.25) is 0 Å². The summed E-state index contributed by atoms with van der Waals surface area (Å²) in [4.78, 5) is 10.3. The number of rotatable bonds is 7. The number of hydrogen-bond donors (Lipinski definition) is 2. The van der Waals surface area contributed by atoms with Crippen LogP contribution in [-0.4, -0.2) is 11.5 Å². The third-order valence-corrected chi connectivity index (χ3v) is 2.58. The molecule has 0 aliphatic carbocycles. The number of nitrogens with two attached hydrogens (primary N) is 1. The van der Waals surface area contributed by atoms with E-state index in [1.54, 1.807) is 6.07 Å². The molecule has 0 aliphatic heterocycles. The first-order valence-corrected chi connectivity index (χ1v) is 5.95. The summed E-state index contributed by atoms with van der Waals surface area (Å²) < 4.78 is 5.55. The van der Waals surface area contributed by atoms with Crippen molar-refractivity contribution in [3.05, 3.63) is 28.3 Å². The minimum Gasteiger partial charge on any atom is -0.493 e. The number of anilines is 1. The molecule has 1 aromatic carbocycles. The van der Waals surface area contributed by atoms with Gasteiger partial charge in [-0.3, -0.25) is 16.0 Å². The molecule has 0 spiro atoms. The fourth-order valence-corrected chi connectivity index (χ4v) is 1.67. The van der Waals surface area contributed by atoms with Crippen molar-refractivity contribution < 1.29 is 9.66 Å². The summed E-state index contributed by atoms with van der Waals surface area (Å²) in [5.74, 6) is 6.14. The van der Waals surface area contributed by atoms with E-state index in [9.17, 15) is 10.1 Å². The second-order valence-corrected chi connectivity index (χ2v) is 4.32. The average molecular weight is 253 g/mol. The molecule has 0 saturated heterocycles. The van der Waals surface area contributed by atoms with E-state index in [2.05, 4.69) is 19.3 Å². The lowest BCUT2D eigenvalue weighted by atomic mass is 10.1. The van der Waals surface area contributed by atoms with Crippen molar-refractivity contribution in [1.82, 2.24) is 0 Å². The fourth-order valence-electron chi connectivity index (χ4n) is 1.67. The van der Waals surface area contributed by atoms with E-state index in [-0.39, 0.29) is 5.69 Å². The molecule has 0 fully saturated rings. The van der Waals surface area contributed by atoms with Gasteiger partial charge in [0.15, 0.2) is 0 Å². The number of nitrogens with one attached hydrogen (secondary N) is 1. The van der Waals surface area contributed by atoms with Crippen LogP contribution in [0.1, 0.15) is 26.7 Å². The highest BCUT2D eigenvalue weighted by atomic mass is 16.6. The minimum absolute atomic E-state index is 0.0383. The standard InChI is InChI=1S/C12H19N3O3/c1-3-4-9(2)8-18-12-6-10(14-13)5-11(7-12)15(16)17/h5-7,9,14H,3-4,8,13H2,1-2H3. The number of nitro benzene ring substituents is 1. The second-order valence-electron chi connectivity index (χ2n) is 4.32. The molecule has 0 radical (unpaired) electrons. The molecular weight excluding hydrogens is 234 g/mol. The van der Waals surface area contributed by atoms with Crippen molar-refractivity contribution in [2.24, 2.45) is 11.8 Å². The van der Waals surface area contributed by atoms with Gasteiger partial charge in [0, 0.05) is 12.1 Å². The zero-order valence-corrected chi connectivity index (χ0v) is 10.7. The summed E-state index contributed by atoms with van der Waals surface area (Å²) in [7, 11) is 0. The number of benzene rings is 1. The van der Waals surface area contributed by atoms with Crippen molar-refractivity contribution in [1.29, 1.82) is 0 Å². The van der Waals surface area contributed by atoms with Crippen LogP contribution in [-0.2, 0) is 0 Å². The van der Waals surface area contributed by atoms with Gasteiger partial charge in [0.05, 0.1) is 23.3 Å². The molecule has 1 unspecified atom stereocenters. The first-order valence-electron chi connectivity index (χ1n) is 5.95. The van der Waals surface area contributed by atoms with Crippen molar-refractivity contribution in [3.63, 3.8) is 0 Å². The smallest absolute Gasteiger partial charge is 0.275 e. The van der Waals surface area contributed by atoms with Gasteiger partial charge in [-0.15, -0.1) is 0 Å². The third-order valence-electron chi connectivity index (χ3n) is 2.58. The van der Waals surface area contributed by atoms with E-state index < -0.39 is 4.92 Å². The predicted octanol–water partition coefficient (Wildman–Crippen LogP) is 2.70. The van der Waals surface area contributed by atoms with Gasteiger partial charge in [0.25, 0.3) is 5.69 Å². The largest absolute Gasteiger partial charge is 0.493 e. The Morgan fingerprint density at radius 3 is 2.78 bits per heavy atom. The number of nitrogens with zero attached hydrogens (tertiary/aromatic N) is 1. The molecule has 0 heterocycles. The Morgan fingerprint density at radius 1 is 1.50 bits per heavy atom. The topological polar surface area (TPSA) is 90.4 Å². The summed E-state index contributed by atoms with van der Waals surface area (Å²) in [5.41, 5.74) is 2.81. The van der Waals surface area contributed by atoms with Gasteiger partial charge in [-0.2, -0.15) is 0 Å². The predicted molar refractivity (Wildman–Crippen MR) is 70.5 cm³/mol. The van der Waals surface area contributed by atoms with E-state index in [1.807, 2.05) is 0 Å². The highest BCUT2D eigenvalue weighted by Crippen LogP contribution is 2.26. The van der Waals surface area contributed by atoms with Gasteiger partial charge in [-0.25, -0.2) is 0 Å². The summed E-state index contributed by atoms with van der Waals surface area (Å²) in [5, 5.41) is 10.7. The molecule has 0 amide bonds. The quantitative estimate of drug-likeness (QED) is 0.443. The van der Waals surface area contributed by atoms with Gasteiger partial charge in [0.1, 0.15) is 5.75 Å². The molecule has 18 heavy (non-hydrogen) atoms. The van der Waals surface area contributed by atoms with E-state index in [0.29, 0.717) is 24.0 Å². The molecule has 0 aromatic heterocycles. The number of nitrogen functional groups attached to an aromatic ring is 1. The Kier molecular flexibility index (Phi) is 5.38. The van der Waals surface area contributed by atoms with Crippen LogP contribution >= 0.6 is 0 Å². The Balaban J connectivity index is 2.75. The maximum absolute atomic E-state index is 10.7.